The molecule has 0 aromatic heterocycles. The first kappa shape index (κ1) is 11.4. The molecule has 1 atom stereocenters. The molecule has 3 heteroatoms. The lowest BCUT2D eigenvalue weighted by atomic mass is 9.87. The van der Waals surface area contributed by atoms with Crippen molar-refractivity contribution in [3.8, 4) is 0 Å². The van der Waals surface area contributed by atoms with E-state index in [-0.39, 0.29) is 5.41 Å². The molecule has 0 aliphatic heterocycles. The highest BCUT2D eigenvalue weighted by Crippen LogP contribution is 2.24. The van der Waals surface area contributed by atoms with Gasteiger partial charge in [-0.05, 0) is 27.7 Å². The summed E-state index contributed by atoms with van der Waals surface area (Å²) < 4.78 is 16.1. The van der Waals surface area contributed by atoms with Crippen LogP contribution in [0.25, 0.3) is 0 Å². The Labute approximate surface area is 86.2 Å². The third-order valence-corrected chi connectivity index (χ3v) is 3.16. The Bertz CT molecular complexity index is 322. The lowest BCUT2D eigenvalue weighted by Crippen LogP contribution is -2.12. The fraction of sp³-hybridized carbons (Fsp3) is 0.455. The van der Waals surface area contributed by atoms with Gasteiger partial charge in [0, 0.05) is 0 Å². The predicted molar refractivity (Wildman–Crippen MR) is 59.4 cm³/mol. The molecule has 0 radical (unpaired) electrons. The first-order valence-electron chi connectivity index (χ1n) is 4.57. The van der Waals surface area contributed by atoms with Gasteiger partial charge in [0.05, 0.1) is 7.11 Å². The smallest absolute Gasteiger partial charge is 0.145 e. The highest BCUT2D eigenvalue weighted by atomic mass is 31.1. The van der Waals surface area contributed by atoms with Crippen LogP contribution >= 0.6 is 8.03 Å². The second-order valence-corrected chi connectivity index (χ2v) is 5.63. The summed E-state index contributed by atoms with van der Waals surface area (Å²) in [5.41, 5.74) is 1.37. The average molecular weight is 211 g/mol. The van der Waals surface area contributed by atoms with Gasteiger partial charge in [0.1, 0.15) is 0 Å². The topological polar surface area (TPSA) is 26.3 Å². The third-order valence-electron chi connectivity index (χ3n) is 2.11. The minimum atomic E-state index is -1.67. The molecule has 14 heavy (non-hydrogen) atoms. The van der Waals surface area contributed by atoms with Gasteiger partial charge in [-0.15, -0.1) is 4.52 Å². The minimum absolute atomic E-state index is 0.136. The van der Waals surface area contributed by atoms with Crippen LogP contribution < -0.4 is 5.30 Å². The Morgan fingerprint density at radius 2 is 1.64 bits per heavy atom. The summed E-state index contributed by atoms with van der Waals surface area (Å²) in [5.74, 6) is 0. The van der Waals surface area contributed by atoms with E-state index in [4.69, 9.17) is 4.52 Å². The molecule has 76 valence electrons. The molecule has 0 heterocycles. The second kappa shape index (κ2) is 4.20. The second-order valence-electron chi connectivity index (χ2n) is 4.24. The van der Waals surface area contributed by atoms with Gasteiger partial charge in [0.2, 0.25) is 5.30 Å². The molecule has 0 N–H and O–H groups in total. The van der Waals surface area contributed by atoms with Crippen LogP contribution in [0.3, 0.4) is 0 Å². The van der Waals surface area contributed by atoms with E-state index in [9.17, 15) is 4.57 Å². The van der Waals surface area contributed by atoms with Gasteiger partial charge in [-0.3, -0.25) is 0 Å². The number of hydrogen-bond acceptors (Lipinski definition) is 2. The average Bonchev–Trinajstić information content (AvgIpc) is 2.15. The summed E-state index contributed by atoms with van der Waals surface area (Å²) in [6, 6.07) is 7.73. The van der Waals surface area contributed by atoms with Crippen LogP contribution in [0.2, 0.25) is 0 Å². The molecule has 0 fully saturated rings. The van der Waals surface area contributed by atoms with E-state index < -0.39 is 8.03 Å². The molecule has 0 saturated carbocycles. The molecule has 0 aliphatic rings. The summed E-state index contributed by atoms with van der Waals surface area (Å²) in [6.07, 6.45) is 0. The van der Waals surface area contributed by atoms with E-state index in [0.29, 0.717) is 0 Å². The minimum Gasteiger partial charge on any atom is -0.145 e. The van der Waals surface area contributed by atoms with Gasteiger partial charge in [-0.25, -0.2) is 0 Å². The van der Waals surface area contributed by atoms with Gasteiger partial charge in [-0.1, -0.05) is 32.9 Å². The van der Waals surface area contributed by atoms with Crippen LogP contribution in [0.15, 0.2) is 24.3 Å². The van der Waals surface area contributed by atoms with Crippen LogP contribution in [0, 0.1) is 0 Å². The third kappa shape index (κ3) is 2.63. The van der Waals surface area contributed by atoms with Crippen LogP contribution in [-0.2, 0) is 14.5 Å². The van der Waals surface area contributed by atoms with Crippen molar-refractivity contribution in [1.82, 2.24) is 0 Å². The van der Waals surface area contributed by atoms with E-state index >= 15 is 0 Å². The van der Waals surface area contributed by atoms with Crippen molar-refractivity contribution in [2.45, 2.75) is 26.2 Å². The summed E-state index contributed by atoms with van der Waals surface area (Å²) in [6.45, 7) is 6.45. The molecule has 1 aromatic rings. The zero-order chi connectivity index (χ0) is 10.8. The Balaban J connectivity index is 2.95. The molecular weight excluding hydrogens is 195 g/mol. The number of benzene rings is 1. The molecule has 2 nitrogen and oxygen atoms in total. The largest absolute Gasteiger partial charge is 0.548 e. The van der Waals surface area contributed by atoms with Crippen molar-refractivity contribution in [2.75, 3.05) is 7.11 Å². The summed E-state index contributed by atoms with van der Waals surface area (Å²) >= 11 is 0. The van der Waals surface area contributed by atoms with Crippen molar-refractivity contribution in [3.05, 3.63) is 29.8 Å². The lowest BCUT2D eigenvalue weighted by molar-refractivity contribution is 0.423. The van der Waals surface area contributed by atoms with E-state index in [2.05, 4.69) is 20.8 Å². The molecule has 0 saturated heterocycles. The van der Waals surface area contributed by atoms with Crippen molar-refractivity contribution in [2.24, 2.45) is 0 Å². The summed E-state index contributed by atoms with van der Waals surface area (Å²) in [7, 11) is -0.217. The molecule has 1 rings (SSSR count). The van der Waals surface area contributed by atoms with Crippen molar-refractivity contribution in [1.29, 1.82) is 0 Å². The SMILES string of the molecule is CO[P+](=O)c1ccc(C(C)(C)C)cc1. The maximum absolute atomic E-state index is 11.3. The van der Waals surface area contributed by atoms with E-state index in [1.807, 2.05) is 24.3 Å². The summed E-state index contributed by atoms with van der Waals surface area (Å²) in [4.78, 5) is 0. The fourth-order valence-electron chi connectivity index (χ4n) is 1.19. The molecular formula is C11H16O2P+. The lowest BCUT2D eigenvalue weighted by Gasteiger charge is -2.18. The van der Waals surface area contributed by atoms with Crippen molar-refractivity contribution in [3.63, 3.8) is 0 Å². The normalized spacial score (nSPS) is 12.7. The Hall–Kier alpha value is -0.720. The molecule has 1 unspecified atom stereocenters. The van der Waals surface area contributed by atoms with Gasteiger partial charge < -0.3 is 0 Å². The standard InChI is InChI=1S/C11H16O2P/c1-11(2,3)9-5-7-10(8-6-9)14(12)13-4/h5-8H,1-4H3/q+1. The quantitative estimate of drug-likeness (QED) is 0.703. The zero-order valence-electron chi connectivity index (χ0n) is 9.07. The number of hydrogen-bond donors (Lipinski definition) is 0. The molecule has 1 aromatic carbocycles. The van der Waals surface area contributed by atoms with Crippen LogP contribution in [0.4, 0.5) is 0 Å². The Kier molecular flexibility index (Phi) is 3.41. The Morgan fingerprint density at radius 1 is 1.14 bits per heavy atom. The maximum Gasteiger partial charge on any atom is 0.548 e. The van der Waals surface area contributed by atoms with Gasteiger partial charge in [0.25, 0.3) is 0 Å². The van der Waals surface area contributed by atoms with Crippen LogP contribution in [0.5, 0.6) is 0 Å². The predicted octanol–water partition coefficient (Wildman–Crippen LogP) is 3.00. The van der Waals surface area contributed by atoms with Crippen LogP contribution in [0.1, 0.15) is 26.3 Å². The fourth-order valence-corrected chi connectivity index (χ4v) is 1.79. The summed E-state index contributed by atoms with van der Waals surface area (Å²) in [5, 5.41) is 0.746. The monoisotopic (exact) mass is 211 g/mol. The van der Waals surface area contributed by atoms with Crippen LogP contribution in [-0.4, -0.2) is 7.11 Å². The maximum atomic E-state index is 11.3. The highest BCUT2D eigenvalue weighted by molar-refractivity contribution is 7.48. The van der Waals surface area contributed by atoms with Gasteiger partial charge in [0.15, 0.2) is 0 Å². The highest BCUT2D eigenvalue weighted by Gasteiger charge is 2.21. The molecule has 0 amide bonds. The van der Waals surface area contributed by atoms with Crippen molar-refractivity contribution >= 4 is 13.3 Å². The first-order chi connectivity index (χ1) is 6.45. The Morgan fingerprint density at radius 3 is 2.00 bits per heavy atom. The van der Waals surface area contributed by atoms with Gasteiger partial charge in [-0.2, -0.15) is 0 Å². The van der Waals surface area contributed by atoms with Gasteiger partial charge >= 0.3 is 8.03 Å². The first-order valence-corrected chi connectivity index (χ1v) is 5.75. The van der Waals surface area contributed by atoms with Crippen molar-refractivity contribution < 1.29 is 9.09 Å². The number of rotatable bonds is 2. The zero-order valence-corrected chi connectivity index (χ0v) is 9.97. The molecule has 0 spiro atoms. The molecule has 0 aliphatic carbocycles. The van der Waals surface area contributed by atoms with E-state index in [1.54, 1.807) is 0 Å². The van der Waals surface area contributed by atoms with E-state index in [0.717, 1.165) is 5.30 Å². The molecule has 0 bridgehead atoms. The van der Waals surface area contributed by atoms with E-state index in [1.165, 1.54) is 12.7 Å².